The van der Waals surface area contributed by atoms with Crippen LogP contribution in [-0.2, 0) is 17.8 Å². The van der Waals surface area contributed by atoms with Gasteiger partial charge in [-0.2, -0.15) is 0 Å². The van der Waals surface area contributed by atoms with Crippen molar-refractivity contribution in [1.82, 2.24) is 5.32 Å². The fraction of sp³-hybridized carbons (Fsp3) is 0.346. The van der Waals surface area contributed by atoms with E-state index in [2.05, 4.69) is 58.4 Å². The van der Waals surface area contributed by atoms with Crippen molar-refractivity contribution in [2.45, 2.75) is 25.9 Å². The first-order valence-electron chi connectivity index (χ1n) is 11.2. The van der Waals surface area contributed by atoms with Crippen molar-refractivity contribution in [3.8, 4) is 5.75 Å². The van der Waals surface area contributed by atoms with Crippen LogP contribution in [0.25, 0.3) is 0 Å². The van der Waals surface area contributed by atoms with Gasteiger partial charge in [0, 0.05) is 37.1 Å². The summed E-state index contributed by atoms with van der Waals surface area (Å²) in [4.78, 5) is 18.2. The highest BCUT2D eigenvalue weighted by atomic mass is 16.5. The molecule has 1 fully saturated rings. The van der Waals surface area contributed by atoms with E-state index in [4.69, 9.17) is 9.15 Å². The van der Waals surface area contributed by atoms with Crippen molar-refractivity contribution in [2.75, 3.05) is 36.5 Å². The van der Waals surface area contributed by atoms with Gasteiger partial charge in [-0.05, 0) is 49.2 Å². The molecule has 0 spiro atoms. The summed E-state index contributed by atoms with van der Waals surface area (Å²) in [7, 11) is 1.70. The summed E-state index contributed by atoms with van der Waals surface area (Å²) < 4.78 is 10.9. The molecule has 0 bridgehead atoms. The molecule has 2 aliphatic heterocycles. The number of nitrogens with zero attached hydrogens (tertiary/aromatic N) is 2. The number of anilines is 2. The summed E-state index contributed by atoms with van der Waals surface area (Å²) in [5.74, 6) is 1.55. The number of hydrogen-bond acceptors (Lipinski definition) is 5. The van der Waals surface area contributed by atoms with Crippen LogP contribution in [0.1, 0.15) is 16.9 Å². The number of piperazine rings is 1. The maximum absolute atomic E-state index is 13.3. The predicted octanol–water partition coefficient (Wildman–Crippen LogP) is 3.78. The Balaban J connectivity index is 1.43. The van der Waals surface area contributed by atoms with Gasteiger partial charge in [0.1, 0.15) is 11.5 Å². The van der Waals surface area contributed by atoms with E-state index in [9.17, 15) is 4.79 Å². The van der Waals surface area contributed by atoms with Gasteiger partial charge in [-0.3, -0.25) is 4.79 Å². The van der Waals surface area contributed by atoms with Crippen LogP contribution in [0.4, 0.5) is 11.4 Å². The molecule has 3 heterocycles. The van der Waals surface area contributed by atoms with E-state index >= 15 is 0 Å². The number of aryl methyl sites for hydroxylation is 1. The number of amides is 1. The number of ether oxygens (including phenoxy) is 1. The average Bonchev–Trinajstić information content (AvgIpc) is 3.35. The topological polar surface area (TPSA) is 58.0 Å². The van der Waals surface area contributed by atoms with Gasteiger partial charge < -0.3 is 24.3 Å². The van der Waals surface area contributed by atoms with E-state index in [1.807, 2.05) is 18.2 Å². The molecule has 0 saturated carbocycles. The van der Waals surface area contributed by atoms with E-state index in [1.165, 1.54) is 22.5 Å². The lowest BCUT2D eigenvalue weighted by atomic mass is 9.83. The SMILES string of the molecule is COc1ccc2c(c1)N1CCN(c3ccc(C)cc3)C[C@H]1[C@@H](C(=O)NCc1ccco1)C2. The van der Waals surface area contributed by atoms with Gasteiger partial charge in [0.2, 0.25) is 5.91 Å². The third-order valence-electron chi connectivity index (χ3n) is 6.68. The van der Waals surface area contributed by atoms with Crippen molar-refractivity contribution in [3.63, 3.8) is 0 Å². The summed E-state index contributed by atoms with van der Waals surface area (Å²) in [5.41, 5.74) is 4.85. The number of hydrogen-bond donors (Lipinski definition) is 1. The van der Waals surface area contributed by atoms with Crippen molar-refractivity contribution in [2.24, 2.45) is 5.92 Å². The van der Waals surface area contributed by atoms with Crippen LogP contribution >= 0.6 is 0 Å². The van der Waals surface area contributed by atoms with Crippen molar-refractivity contribution < 1.29 is 13.9 Å². The molecule has 1 N–H and O–H groups in total. The number of furan rings is 1. The standard InChI is InChI=1S/C26H29N3O3/c1-18-5-8-20(9-6-18)28-11-12-29-24-15-21(31-2)10-7-19(24)14-23(25(29)17-28)26(30)27-16-22-4-3-13-32-22/h3-10,13,15,23,25H,11-12,14,16-17H2,1-2H3,(H,27,30)/t23-,25-/m0/s1. The highest BCUT2D eigenvalue weighted by molar-refractivity contribution is 5.82. The summed E-state index contributed by atoms with van der Waals surface area (Å²) in [6.07, 6.45) is 2.35. The van der Waals surface area contributed by atoms with Gasteiger partial charge in [-0.25, -0.2) is 0 Å². The zero-order valence-corrected chi connectivity index (χ0v) is 18.6. The Morgan fingerprint density at radius 3 is 2.75 bits per heavy atom. The molecule has 1 amide bonds. The molecule has 0 unspecified atom stereocenters. The summed E-state index contributed by atoms with van der Waals surface area (Å²) in [6.45, 7) is 5.09. The highest BCUT2D eigenvalue weighted by Crippen LogP contribution is 2.39. The molecule has 2 aromatic carbocycles. The van der Waals surface area contributed by atoms with Crippen LogP contribution in [0.2, 0.25) is 0 Å². The number of nitrogens with one attached hydrogen (secondary N) is 1. The van der Waals surface area contributed by atoms with Crippen LogP contribution in [-0.4, -0.2) is 38.7 Å². The van der Waals surface area contributed by atoms with Crippen LogP contribution in [0.15, 0.2) is 65.3 Å². The molecule has 3 aromatic rings. The monoisotopic (exact) mass is 431 g/mol. The fourth-order valence-corrected chi connectivity index (χ4v) is 4.91. The minimum atomic E-state index is -0.140. The highest BCUT2D eigenvalue weighted by Gasteiger charge is 2.41. The van der Waals surface area contributed by atoms with Crippen molar-refractivity contribution in [3.05, 3.63) is 77.7 Å². The number of fused-ring (bicyclic) bond motifs is 3. The predicted molar refractivity (Wildman–Crippen MR) is 125 cm³/mol. The van der Waals surface area contributed by atoms with E-state index < -0.39 is 0 Å². The molecule has 0 aliphatic carbocycles. The van der Waals surface area contributed by atoms with E-state index in [0.717, 1.165) is 31.1 Å². The second-order valence-corrected chi connectivity index (χ2v) is 8.64. The summed E-state index contributed by atoms with van der Waals surface area (Å²) in [5, 5.41) is 3.10. The smallest absolute Gasteiger partial charge is 0.225 e. The first-order valence-corrected chi connectivity index (χ1v) is 11.2. The van der Waals surface area contributed by atoms with Gasteiger partial charge in [0.05, 0.1) is 31.9 Å². The Labute approximate surface area is 188 Å². The molecule has 2 aliphatic rings. The number of benzene rings is 2. The number of carbonyl (C=O) groups excluding carboxylic acids is 1. The molecule has 6 nitrogen and oxygen atoms in total. The number of methoxy groups -OCH3 is 1. The number of rotatable bonds is 5. The largest absolute Gasteiger partial charge is 0.497 e. The molecule has 6 heteroatoms. The van der Waals surface area contributed by atoms with Crippen LogP contribution in [0.5, 0.6) is 5.75 Å². The van der Waals surface area contributed by atoms with Gasteiger partial charge in [-0.1, -0.05) is 23.8 Å². The summed E-state index contributed by atoms with van der Waals surface area (Å²) >= 11 is 0. The molecule has 0 radical (unpaired) electrons. The molecular weight excluding hydrogens is 402 g/mol. The third-order valence-corrected chi connectivity index (χ3v) is 6.68. The van der Waals surface area contributed by atoms with E-state index in [-0.39, 0.29) is 17.9 Å². The van der Waals surface area contributed by atoms with Crippen molar-refractivity contribution >= 4 is 17.3 Å². The molecule has 5 rings (SSSR count). The fourth-order valence-electron chi connectivity index (χ4n) is 4.91. The zero-order chi connectivity index (χ0) is 22.1. The third kappa shape index (κ3) is 3.93. The Kier molecular flexibility index (Phi) is 5.52. The molecule has 166 valence electrons. The lowest BCUT2D eigenvalue weighted by molar-refractivity contribution is -0.126. The van der Waals surface area contributed by atoms with Crippen molar-refractivity contribution in [1.29, 1.82) is 0 Å². The zero-order valence-electron chi connectivity index (χ0n) is 18.6. The summed E-state index contributed by atoms with van der Waals surface area (Å²) in [6, 6.07) is 18.7. The number of carbonyl (C=O) groups is 1. The molecule has 2 atom stereocenters. The Morgan fingerprint density at radius 2 is 2.00 bits per heavy atom. The van der Waals surface area contributed by atoms with Gasteiger partial charge in [0.15, 0.2) is 0 Å². The van der Waals surface area contributed by atoms with Crippen LogP contribution in [0, 0.1) is 12.8 Å². The quantitative estimate of drug-likeness (QED) is 0.666. The van der Waals surface area contributed by atoms with E-state index in [0.29, 0.717) is 13.0 Å². The van der Waals surface area contributed by atoms with Gasteiger partial charge >= 0.3 is 0 Å². The first-order chi connectivity index (χ1) is 15.6. The van der Waals surface area contributed by atoms with Crippen LogP contribution < -0.4 is 19.9 Å². The second kappa shape index (κ2) is 8.61. The minimum absolute atomic E-state index is 0.0728. The molecule has 1 aromatic heterocycles. The average molecular weight is 432 g/mol. The molecular formula is C26H29N3O3. The Bertz CT molecular complexity index is 1080. The first kappa shape index (κ1) is 20.5. The van der Waals surface area contributed by atoms with E-state index in [1.54, 1.807) is 13.4 Å². The second-order valence-electron chi connectivity index (χ2n) is 8.64. The molecule has 32 heavy (non-hydrogen) atoms. The Hall–Kier alpha value is -3.41. The minimum Gasteiger partial charge on any atom is -0.497 e. The lowest BCUT2D eigenvalue weighted by Gasteiger charge is -2.49. The maximum Gasteiger partial charge on any atom is 0.225 e. The van der Waals surface area contributed by atoms with Gasteiger partial charge in [0.25, 0.3) is 0 Å². The lowest BCUT2D eigenvalue weighted by Crippen LogP contribution is -2.61. The molecule has 1 saturated heterocycles. The van der Waals surface area contributed by atoms with Gasteiger partial charge in [-0.15, -0.1) is 0 Å². The maximum atomic E-state index is 13.3. The van der Waals surface area contributed by atoms with Crippen LogP contribution in [0.3, 0.4) is 0 Å². The normalized spacial score (nSPS) is 19.8. The Morgan fingerprint density at radius 1 is 1.16 bits per heavy atom.